The zero-order valence-corrected chi connectivity index (χ0v) is 30.3. The lowest BCUT2D eigenvalue weighted by Crippen LogP contribution is -2.56. The molecule has 4 atom stereocenters. The topological polar surface area (TPSA) is 157 Å². The molecule has 0 bridgehead atoms. The van der Waals surface area contributed by atoms with Gasteiger partial charge in [-0.25, -0.2) is 19.2 Å². The van der Waals surface area contributed by atoms with Crippen molar-refractivity contribution in [2.45, 2.75) is 129 Å². The van der Waals surface area contributed by atoms with Crippen molar-refractivity contribution in [1.82, 2.24) is 9.80 Å². The van der Waals surface area contributed by atoms with Crippen LogP contribution in [0.15, 0.2) is 24.3 Å². The average molecular weight is 689 g/mol. The molecule has 2 aliphatic heterocycles. The first-order chi connectivity index (χ1) is 22.8. The van der Waals surface area contributed by atoms with Crippen molar-refractivity contribution in [2.24, 2.45) is 23.7 Å². The van der Waals surface area contributed by atoms with E-state index >= 15 is 0 Å². The molecular weight excluding hydrogens is 632 g/mol. The van der Waals surface area contributed by atoms with Gasteiger partial charge in [-0.3, -0.25) is 19.4 Å². The third-order valence-corrected chi connectivity index (χ3v) is 8.85. The fraction of sp³-hybridized carbons (Fsp3) is 0.730. The molecule has 2 heterocycles. The number of ether oxygens (including phenoxy) is 3. The number of ketones is 2. The van der Waals surface area contributed by atoms with Gasteiger partial charge in [0.15, 0.2) is 11.6 Å². The van der Waals surface area contributed by atoms with Crippen molar-refractivity contribution < 1.29 is 48.1 Å². The zero-order valence-electron chi connectivity index (χ0n) is 30.3. The molecule has 49 heavy (non-hydrogen) atoms. The summed E-state index contributed by atoms with van der Waals surface area (Å²) < 4.78 is 15.3. The van der Waals surface area contributed by atoms with Crippen LogP contribution in [-0.2, 0) is 33.4 Å². The maximum atomic E-state index is 12.6. The molecule has 12 nitrogen and oxygen atoms in total. The molecule has 2 aliphatic carbocycles. The van der Waals surface area contributed by atoms with Gasteiger partial charge in [-0.2, -0.15) is 0 Å². The van der Waals surface area contributed by atoms with Gasteiger partial charge >= 0.3 is 24.1 Å². The number of Topliss-reactive ketones (excluding diaryl/α,β-unsaturated/α-hetero) is 2. The number of carboxylic acid groups (broad SMARTS) is 1. The van der Waals surface area contributed by atoms with Crippen LogP contribution in [0.4, 0.5) is 9.59 Å². The highest BCUT2D eigenvalue weighted by Crippen LogP contribution is 2.38. The molecule has 4 rings (SSSR count). The van der Waals surface area contributed by atoms with Crippen LogP contribution in [0.5, 0.6) is 0 Å². The summed E-state index contributed by atoms with van der Waals surface area (Å²) in [6.45, 7) is 11.9. The molecule has 0 radical (unpaired) electrons. The van der Waals surface area contributed by atoms with Crippen molar-refractivity contribution in [3.8, 4) is 0 Å². The Morgan fingerprint density at radius 2 is 1.06 bits per heavy atom. The van der Waals surface area contributed by atoms with Crippen molar-refractivity contribution in [2.75, 3.05) is 20.2 Å². The lowest BCUT2D eigenvalue weighted by Gasteiger charge is -2.40. The first-order valence-corrected chi connectivity index (χ1v) is 17.6. The van der Waals surface area contributed by atoms with Gasteiger partial charge in [0, 0.05) is 38.1 Å². The van der Waals surface area contributed by atoms with E-state index in [4.69, 9.17) is 14.6 Å². The number of rotatable bonds is 14. The standard InChI is InChI=1S/C19H29NO5.C18H27NO5/c1-19(2,3)25-18(23)20-10-9-15(20)16(21)12-14(11-13-5-6-13)7-8-17(22)24-4;1-18(2,3)24-17(23)19-9-8-14(19)15(20)11-13(6-7-16(21)22)10-12-4-5-12/h7-8,13-15H,5-6,9-12H2,1-4H3;6-7,12-14H,4-5,8-11H2,1-3H3,(H,21,22)/b8-7+;7-6+/t14-,15+;13-,14+/m11/s1. The highest BCUT2D eigenvalue weighted by Gasteiger charge is 2.41. The predicted molar refractivity (Wildman–Crippen MR) is 182 cm³/mol. The average Bonchev–Trinajstić information content (AvgIpc) is 3.84. The predicted octanol–water partition coefficient (Wildman–Crippen LogP) is 6.11. The Bertz CT molecular complexity index is 1270. The maximum Gasteiger partial charge on any atom is 0.410 e. The molecule has 0 aromatic carbocycles. The van der Waals surface area contributed by atoms with E-state index in [9.17, 15) is 28.8 Å². The van der Waals surface area contributed by atoms with E-state index < -0.39 is 47.4 Å². The highest BCUT2D eigenvalue weighted by molar-refractivity contribution is 5.90. The first kappa shape index (κ1) is 39.7. The number of carbonyl (C=O) groups is 6. The van der Waals surface area contributed by atoms with E-state index in [1.807, 2.05) is 20.8 Å². The number of methoxy groups -OCH3 is 1. The molecule has 4 aliphatic rings. The van der Waals surface area contributed by atoms with Gasteiger partial charge in [-0.05, 0) is 90.9 Å². The van der Waals surface area contributed by atoms with Crippen LogP contribution in [0, 0.1) is 23.7 Å². The van der Waals surface area contributed by atoms with Gasteiger partial charge in [-0.1, -0.05) is 37.8 Å². The normalized spacial score (nSPS) is 21.9. The van der Waals surface area contributed by atoms with Crippen LogP contribution in [0.25, 0.3) is 0 Å². The Labute approximate surface area is 290 Å². The zero-order chi connectivity index (χ0) is 36.5. The minimum atomic E-state index is -0.998. The second kappa shape index (κ2) is 17.3. The van der Waals surface area contributed by atoms with Crippen molar-refractivity contribution in [1.29, 1.82) is 0 Å². The lowest BCUT2D eigenvalue weighted by atomic mass is 9.89. The van der Waals surface area contributed by atoms with Crippen molar-refractivity contribution >= 4 is 35.7 Å². The van der Waals surface area contributed by atoms with E-state index in [1.165, 1.54) is 35.8 Å². The van der Waals surface area contributed by atoms with Crippen LogP contribution >= 0.6 is 0 Å². The number of nitrogens with zero attached hydrogens (tertiary/aromatic N) is 2. The number of allylic oxidation sites excluding steroid dienone is 2. The number of carbonyl (C=O) groups excluding carboxylic acids is 5. The lowest BCUT2D eigenvalue weighted by molar-refractivity contribution is -0.135. The van der Waals surface area contributed by atoms with E-state index in [1.54, 1.807) is 32.9 Å². The first-order valence-electron chi connectivity index (χ1n) is 17.6. The number of esters is 1. The Kier molecular flexibility index (Phi) is 14.0. The van der Waals surface area contributed by atoms with Gasteiger partial charge in [0.2, 0.25) is 0 Å². The summed E-state index contributed by atoms with van der Waals surface area (Å²) >= 11 is 0. The molecule has 2 saturated heterocycles. The minimum absolute atomic E-state index is 0.00667. The van der Waals surface area contributed by atoms with Crippen molar-refractivity contribution in [3.05, 3.63) is 24.3 Å². The van der Waals surface area contributed by atoms with Crippen LogP contribution in [0.2, 0.25) is 0 Å². The number of hydrogen-bond donors (Lipinski definition) is 1. The van der Waals surface area contributed by atoms with Gasteiger partial charge in [0.25, 0.3) is 0 Å². The summed E-state index contributed by atoms with van der Waals surface area (Å²) in [6.07, 6.45) is 13.4. The summed E-state index contributed by atoms with van der Waals surface area (Å²) in [6, 6.07) is -0.831. The van der Waals surface area contributed by atoms with E-state index in [0.717, 1.165) is 31.8 Å². The molecule has 4 fully saturated rings. The van der Waals surface area contributed by atoms with Gasteiger partial charge in [-0.15, -0.1) is 0 Å². The van der Waals surface area contributed by atoms with Crippen LogP contribution < -0.4 is 0 Å². The largest absolute Gasteiger partial charge is 0.478 e. The Hall–Kier alpha value is -3.70. The molecule has 1 N–H and O–H groups in total. The molecule has 2 amide bonds. The Balaban J connectivity index is 0.000000266. The third kappa shape index (κ3) is 14.4. The summed E-state index contributed by atoms with van der Waals surface area (Å²) in [7, 11) is 1.33. The second-order valence-corrected chi connectivity index (χ2v) is 15.8. The maximum absolute atomic E-state index is 12.6. The number of likely N-dealkylation sites (tertiary alicyclic amines) is 2. The molecular formula is C37H56N2O10. The highest BCUT2D eigenvalue weighted by atomic mass is 16.6. The minimum Gasteiger partial charge on any atom is -0.478 e. The van der Waals surface area contributed by atoms with Gasteiger partial charge in [0.1, 0.15) is 11.2 Å². The van der Waals surface area contributed by atoms with Crippen LogP contribution in [0.3, 0.4) is 0 Å². The monoisotopic (exact) mass is 688 g/mol. The van der Waals surface area contributed by atoms with E-state index in [2.05, 4.69) is 4.74 Å². The van der Waals surface area contributed by atoms with Crippen LogP contribution in [0.1, 0.15) is 106 Å². The summed E-state index contributed by atoms with van der Waals surface area (Å²) in [5.41, 5.74) is -1.16. The Morgan fingerprint density at radius 3 is 1.35 bits per heavy atom. The molecule has 2 saturated carbocycles. The number of hydrogen-bond acceptors (Lipinski definition) is 9. The van der Waals surface area contributed by atoms with Crippen molar-refractivity contribution in [3.63, 3.8) is 0 Å². The number of amides is 2. The van der Waals surface area contributed by atoms with Gasteiger partial charge < -0.3 is 19.3 Å². The SMILES string of the molecule is CC(C)(C)OC(=O)N1CC[C@H]1C(=O)C[C@H](/C=C/C(=O)O)CC1CC1.COC(=O)/C=C/[C@@H](CC(=O)[C@@H]1CCN1C(=O)OC(C)(C)C)CC1CC1. The molecule has 0 aromatic rings. The summed E-state index contributed by atoms with van der Waals surface area (Å²) in [4.78, 5) is 74.4. The second-order valence-electron chi connectivity index (χ2n) is 15.8. The molecule has 0 unspecified atom stereocenters. The van der Waals surface area contributed by atoms with Gasteiger partial charge in [0.05, 0.1) is 19.2 Å². The Morgan fingerprint density at radius 1 is 0.673 bits per heavy atom. The molecule has 0 aromatic heterocycles. The smallest absolute Gasteiger partial charge is 0.410 e. The fourth-order valence-electron chi connectivity index (χ4n) is 5.84. The summed E-state index contributed by atoms with van der Waals surface area (Å²) in [5, 5.41) is 8.79. The third-order valence-electron chi connectivity index (χ3n) is 8.85. The quantitative estimate of drug-likeness (QED) is 0.128. The molecule has 12 heteroatoms. The van der Waals surface area contributed by atoms with E-state index in [0.29, 0.717) is 44.2 Å². The molecule has 274 valence electrons. The summed E-state index contributed by atoms with van der Waals surface area (Å²) in [5.74, 6) is -0.185. The van der Waals surface area contributed by atoms with E-state index in [-0.39, 0.29) is 29.8 Å². The number of carboxylic acids is 1. The molecule has 0 spiro atoms. The fourth-order valence-corrected chi connectivity index (χ4v) is 5.84. The number of aliphatic carboxylic acids is 1. The van der Waals surface area contributed by atoms with Crippen LogP contribution in [-0.4, -0.2) is 94.1 Å².